The van der Waals surface area contributed by atoms with Crippen LogP contribution >= 0.6 is 11.8 Å². The Bertz CT molecular complexity index is 1150. The minimum Gasteiger partial charge on any atom is -0.497 e. The van der Waals surface area contributed by atoms with Crippen LogP contribution < -0.4 is 4.74 Å². The molecule has 0 spiro atoms. The molecular formula is C26H24O7S. The lowest BCUT2D eigenvalue weighted by Gasteiger charge is -2.44. The highest BCUT2D eigenvalue weighted by Gasteiger charge is 2.58. The third-order valence-corrected chi connectivity index (χ3v) is 6.49. The Morgan fingerprint density at radius 3 is 2.38 bits per heavy atom. The summed E-state index contributed by atoms with van der Waals surface area (Å²) in [6, 6.07) is 14.1. The van der Waals surface area contributed by atoms with Gasteiger partial charge in [0.05, 0.1) is 12.7 Å². The lowest BCUT2D eigenvalue weighted by molar-refractivity contribution is -0.360. The van der Waals surface area contributed by atoms with Crippen LogP contribution in [0.25, 0.3) is 0 Å². The van der Waals surface area contributed by atoms with E-state index in [2.05, 4.69) is 0 Å². The number of hydrogen-bond donors (Lipinski definition) is 0. The third kappa shape index (κ3) is 4.64. The van der Waals surface area contributed by atoms with Gasteiger partial charge in [0.2, 0.25) is 0 Å². The van der Waals surface area contributed by atoms with Crippen LogP contribution in [0.5, 0.6) is 5.75 Å². The predicted molar refractivity (Wildman–Crippen MR) is 126 cm³/mol. The molecule has 8 heteroatoms. The van der Waals surface area contributed by atoms with Gasteiger partial charge in [0.1, 0.15) is 18.3 Å². The van der Waals surface area contributed by atoms with E-state index in [4.69, 9.17) is 18.9 Å². The normalized spacial score (nSPS) is 23.5. The molecule has 0 unspecified atom stereocenters. The number of carbonyl (C=O) groups excluding carboxylic acids is 3. The standard InChI is InChI=1S/C26H24O7S/c1-16(27)32-26(33-25(29)18-9-13-20(34-3)14-10-18)24-21(17-7-11-19(30-2)12-8-17)5-4-6-22(24)23(28)15-31-26/h4-14,21,24H,15H2,1-3H3/t21-,24+,26+/m0/s1. The minimum absolute atomic E-state index is 0.266. The first-order chi connectivity index (χ1) is 16.4. The Morgan fingerprint density at radius 1 is 1.06 bits per heavy atom. The molecule has 1 heterocycles. The molecule has 0 amide bonds. The summed E-state index contributed by atoms with van der Waals surface area (Å²) in [5.41, 5.74) is 1.44. The summed E-state index contributed by atoms with van der Waals surface area (Å²) in [4.78, 5) is 39.1. The molecule has 3 atom stereocenters. The van der Waals surface area contributed by atoms with Crippen molar-refractivity contribution < 1.29 is 33.3 Å². The summed E-state index contributed by atoms with van der Waals surface area (Å²) in [7, 11) is 1.57. The zero-order valence-electron chi connectivity index (χ0n) is 19.0. The first kappa shape index (κ1) is 23.8. The number of Topliss-reactive ketones (excluding diaryl/α,β-unsaturated/α-hetero) is 1. The van der Waals surface area contributed by atoms with Crippen LogP contribution in [0.4, 0.5) is 0 Å². The molecule has 0 N–H and O–H groups in total. The second-order valence-electron chi connectivity index (χ2n) is 7.81. The van der Waals surface area contributed by atoms with Gasteiger partial charge in [-0.25, -0.2) is 4.79 Å². The van der Waals surface area contributed by atoms with E-state index >= 15 is 0 Å². The maximum atomic E-state index is 13.1. The molecule has 1 fully saturated rings. The molecule has 0 radical (unpaired) electrons. The Balaban J connectivity index is 1.76. The molecule has 34 heavy (non-hydrogen) atoms. The van der Waals surface area contributed by atoms with E-state index in [1.165, 1.54) is 6.92 Å². The molecule has 4 rings (SSSR count). The monoisotopic (exact) mass is 480 g/mol. The largest absolute Gasteiger partial charge is 0.497 e. The Labute approximate surface area is 201 Å². The zero-order chi connectivity index (χ0) is 24.3. The van der Waals surface area contributed by atoms with Gasteiger partial charge in [-0.2, -0.15) is 0 Å². The quantitative estimate of drug-likeness (QED) is 0.344. The number of ketones is 1. The van der Waals surface area contributed by atoms with Crippen LogP contribution in [0.1, 0.15) is 28.8 Å². The molecule has 0 aromatic heterocycles. The first-order valence-corrected chi connectivity index (χ1v) is 11.9. The average molecular weight is 481 g/mol. The van der Waals surface area contributed by atoms with Crippen LogP contribution in [-0.4, -0.2) is 43.7 Å². The lowest BCUT2D eigenvalue weighted by Crippen LogP contribution is -2.56. The van der Waals surface area contributed by atoms with E-state index in [1.54, 1.807) is 67.4 Å². The van der Waals surface area contributed by atoms with E-state index in [9.17, 15) is 14.4 Å². The summed E-state index contributed by atoms with van der Waals surface area (Å²) >= 11 is 1.54. The van der Waals surface area contributed by atoms with Crippen LogP contribution in [0.3, 0.4) is 0 Å². The summed E-state index contributed by atoms with van der Waals surface area (Å²) < 4.78 is 22.4. The van der Waals surface area contributed by atoms with Crippen molar-refractivity contribution in [1.29, 1.82) is 0 Å². The Morgan fingerprint density at radius 2 is 1.76 bits per heavy atom. The van der Waals surface area contributed by atoms with Crippen LogP contribution in [0.15, 0.2) is 77.2 Å². The number of ether oxygens (including phenoxy) is 4. The van der Waals surface area contributed by atoms with Crippen molar-refractivity contribution in [3.05, 3.63) is 83.5 Å². The molecule has 1 aliphatic heterocycles. The molecule has 1 aliphatic carbocycles. The summed E-state index contributed by atoms with van der Waals surface area (Å²) in [5, 5.41) is 0. The molecule has 2 aliphatic rings. The van der Waals surface area contributed by atoms with E-state index in [0.29, 0.717) is 11.3 Å². The number of carbonyl (C=O) groups is 3. The topological polar surface area (TPSA) is 88.1 Å². The fourth-order valence-corrected chi connectivity index (χ4v) is 4.56. The lowest BCUT2D eigenvalue weighted by atomic mass is 9.74. The highest BCUT2D eigenvalue weighted by atomic mass is 32.2. The van der Waals surface area contributed by atoms with Gasteiger partial charge in [-0.3, -0.25) is 14.3 Å². The molecule has 2 aromatic rings. The number of thioether (sulfide) groups is 1. The predicted octanol–water partition coefficient (Wildman–Crippen LogP) is 4.29. The molecule has 0 bridgehead atoms. The van der Waals surface area contributed by atoms with Crippen LogP contribution in [-0.2, 0) is 23.8 Å². The Hall–Kier alpha value is -3.36. The van der Waals surface area contributed by atoms with E-state index in [0.717, 1.165) is 10.5 Å². The third-order valence-electron chi connectivity index (χ3n) is 5.74. The van der Waals surface area contributed by atoms with Crippen molar-refractivity contribution in [3.63, 3.8) is 0 Å². The maximum absolute atomic E-state index is 13.1. The van der Waals surface area contributed by atoms with E-state index in [-0.39, 0.29) is 11.3 Å². The second-order valence-corrected chi connectivity index (χ2v) is 8.69. The molecule has 2 aromatic carbocycles. The fraction of sp³-hybridized carbons (Fsp3) is 0.269. The highest BCUT2D eigenvalue weighted by molar-refractivity contribution is 7.98. The number of methoxy groups -OCH3 is 1. The van der Waals surface area contributed by atoms with Crippen molar-refractivity contribution >= 4 is 29.5 Å². The van der Waals surface area contributed by atoms with E-state index < -0.39 is 36.4 Å². The maximum Gasteiger partial charge on any atom is 0.384 e. The second kappa shape index (κ2) is 9.87. The summed E-state index contributed by atoms with van der Waals surface area (Å²) in [5.74, 6) is -4.52. The number of esters is 2. The molecule has 7 nitrogen and oxygen atoms in total. The van der Waals surface area contributed by atoms with Gasteiger partial charge in [0.15, 0.2) is 5.78 Å². The molecular weight excluding hydrogens is 456 g/mol. The summed E-state index contributed by atoms with van der Waals surface area (Å²) in [6.45, 7) is 0.810. The van der Waals surface area contributed by atoms with Crippen molar-refractivity contribution in [2.75, 3.05) is 20.0 Å². The van der Waals surface area contributed by atoms with E-state index in [1.807, 2.05) is 24.5 Å². The van der Waals surface area contributed by atoms with Gasteiger partial charge in [-0.15, -0.1) is 11.8 Å². The van der Waals surface area contributed by atoms with Crippen molar-refractivity contribution in [3.8, 4) is 5.75 Å². The van der Waals surface area contributed by atoms with Gasteiger partial charge in [-0.1, -0.05) is 30.4 Å². The fourth-order valence-electron chi connectivity index (χ4n) is 4.16. The number of rotatable bonds is 6. The minimum atomic E-state index is -2.11. The van der Waals surface area contributed by atoms with Crippen molar-refractivity contribution in [2.45, 2.75) is 23.7 Å². The number of fused-ring (bicyclic) bond motifs is 1. The summed E-state index contributed by atoms with van der Waals surface area (Å²) in [6.07, 6.45) is 7.21. The van der Waals surface area contributed by atoms with Gasteiger partial charge < -0.3 is 14.2 Å². The van der Waals surface area contributed by atoms with Crippen molar-refractivity contribution in [1.82, 2.24) is 0 Å². The van der Waals surface area contributed by atoms with Gasteiger partial charge >= 0.3 is 17.9 Å². The van der Waals surface area contributed by atoms with Gasteiger partial charge in [-0.05, 0) is 48.2 Å². The SMILES string of the molecule is COc1ccc([C@@H]2C=CC=C3C(=O)CO[C@](OC(C)=O)(OC(=O)c4ccc(SC)cc4)[C@@H]32)cc1. The van der Waals surface area contributed by atoms with Gasteiger partial charge in [0.25, 0.3) is 0 Å². The Kier molecular flexibility index (Phi) is 6.90. The molecule has 1 saturated heterocycles. The van der Waals surface area contributed by atoms with Crippen molar-refractivity contribution in [2.24, 2.45) is 5.92 Å². The number of hydrogen-bond acceptors (Lipinski definition) is 8. The zero-order valence-corrected chi connectivity index (χ0v) is 19.8. The average Bonchev–Trinajstić information content (AvgIpc) is 2.86. The molecule has 176 valence electrons. The van der Waals surface area contributed by atoms with Gasteiger partial charge in [0, 0.05) is 23.3 Å². The first-order valence-electron chi connectivity index (χ1n) is 10.6. The number of allylic oxidation sites excluding steroid dienone is 3. The smallest absolute Gasteiger partial charge is 0.384 e. The molecule has 0 saturated carbocycles. The van der Waals surface area contributed by atoms with Crippen LogP contribution in [0, 0.1) is 5.92 Å². The highest BCUT2D eigenvalue weighted by Crippen LogP contribution is 2.47. The number of benzene rings is 2. The van der Waals surface area contributed by atoms with Crippen LogP contribution in [0.2, 0.25) is 0 Å².